The Hall–Kier alpha value is -2.09. The molecule has 0 aromatic rings. The van der Waals surface area contributed by atoms with Gasteiger partial charge in [-0.1, -0.05) is 6.08 Å². The quantitative estimate of drug-likeness (QED) is 0.518. The van der Waals surface area contributed by atoms with Gasteiger partial charge in [-0.3, -0.25) is 4.79 Å². The number of hydrogen-bond donors (Lipinski definition) is 2. The van der Waals surface area contributed by atoms with Crippen molar-refractivity contribution in [3.05, 3.63) is 12.7 Å². The Morgan fingerprint density at radius 2 is 1.88 bits per heavy atom. The van der Waals surface area contributed by atoms with Crippen molar-refractivity contribution < 1.29 is 24.2 Å². The lowest BCUT2D eigenvalue weighted by atomic mass is 9.97. The number of carboxylic acids is 1. The Morgan fingerprint density at radius 1 is 1.20 bits per heavy atom. The molecule has 2 unspecified atom stereocenters. The van der Waals surface area contributed by atoms with Crippen molar-refractivity contribution in [2.45, 2.75) is 31.7 Å². The van der Waals surface area contributed by atoms with Crippen LogP contribution in [0.1, 0.15) is 25.7 Å². The van der Waals surface area contributed by atoms with Crippen LogP contribution >= 0.6 is 0 Å². The molecular formula is C17H27N3O5. The van der Waals surface area contributed by atoms with Crippen LogP contribution in [0.25, 0.3) is 0 Å². The van der Waals surface area contributed by atoms with Crippen molar-refractivity contribution in [2.24, 2.45) is 5.92 Å². The largest absolute Gasteiger partial charge is 0.480 e. The van der Waals surface area contributed by atoms with Crippen molar-refractivity contribution in [2.75, 3.05) is 39.4 Å². The molecule has 0 aromatic carbocycles. The maximum absolute atomic E-state index is 12.5. The zero-order chi connectivity index (χ0) is 18.2. The molecule has 2 fully saturated rings. The first-order valence-electron chi connectivity index (χ1n) is 8.78. The molecule has 2 saturated heterocycles. The average molecular weight is 353 g/mol. The van der Waals surface area contributed by atoms with E-state index in [2.05, 4.69) is 11.9 Å². The normalized spacial score (nSPS) is 21.7. The van der Waals surface area contributed by atoms with Crippen LogP contribution in [-0.4, -0.2) is 78.2 Å². The number of nitrogens with one attached hydrogen (secondary N) is 1. The van der Waals surface area contributed by atoms with Crippen LogP contribution in [0, 0.1) is 5.92 Å². The Balaban J connectivity index is 1.87. The number of hydrogen-bond acceptors (Lipinski definition) is 4. The third-order valence-electron chi connectivity index (χ3n) is 4.57. The molecule has 0 aliphatic carbocycles. The third-order valence-corrected chi connectivity index (χ3v) is 4.57. The SMILES string of the molecule is C=CCOCC(NC(=O)C1CCCN(C(=O)N2CCCC2)C1)C(=O)O. The van der Waals surface area contributed by atoms with Crippen molar-refractivity contribution in [3.8, 4) is 0 Å². The van der Waals surface area contributed by atoms with E-state index in [1.165, 1.54) is 6.08 Å². The van der Waals surface area contributed by atoms with Gasteiger partial charge in [0.1, 0.15) is 0 Å². The summed E-state index contributed by atoms with van der Waals surface area (Å²) in [6.07, 6.45) is 4.95. The van der Waals surface area contributed by atoms with Crippen LogP contribution < -0.4 is 5.32 Å². The average Bonchev–Trinajstić information content (AvgIpc) is 3.14. The highest BCUT2D eigenvalue weighted by Crippen LogP contribution is 2.20. The van der Waals surface area contributed by atoms with E-state index in [0.717, 1.165) is 32.4 Å². The lowest BCUT2D eigenvalue weighted by Gasteiger charge is -2.35. The number of carbonyl (C=O) groups excluding carboxylic acids is 2. The number of aliphatic carboxylic acids is 1. The molecule has 0 bridgehead atoms. The molecule has 2 aliphatic rings. The molecule has 2 N–H and O–H groups in total. The van der Waals surface area contributed by atoms with Crippen LogP contribution in [-0.2, 0) is 14.3 Å². The van der Waals surface area contributed by atoms with Gasteiger partial charge >= 0.3 is 12.0 Å². The molecule has 0 saturated carbocycles. The minimum Gasteiger partial charge on any atom is -0.480 e. The fraction of sp³-hybridized carbons (Fsp3) is 0.706. The first-order chi connectivity index (χ1) is 12.0. The van der Waals surface area contributed by atoms with Gasteiger partial charge in [0, 0.05) is 26.2 Å². The zero-order valence-electron chi connectivity index (χ0n) is 14.5. The number of urea groups is 1. The van der Waals surface area contributed by atoms with Crippen LogP contribution in [0.2, 0.25) is 0 Å². The third kappa shape index (κ3) is 5.45. The van der Waals surface area contributed by atoms with Crippen molar-refractivity contribution in [1.29, 1.82) is 0 Å². The van der Waals surface area contributed by atoms with Crippen LogP contribution in [0.5, 0.6) is 0 Å². The second kappa shape index (κ2) is 9.41. The van der Waals surface area contributed by atoms with Gasteiger partial charge in [0.25, 0.3) is 0 Å². The highest BCUT2D eigenvalue weighted by molar-refractivity contribution is 5.86. The molecule has 0 spiro atoms. The molecule has 140 valence electrons. The molecule has 2 atom stereocenters. The second-order valence-electron chi connectivity index (χ2n) is 6.49. The first kappa shape index (κ1) is 19.2. The summed E-state index contributed by atoms with van der Waals surface area (Å²) in [4.78, 5) is 39.7. The van der Waals surface area contributed by atoms with E-state index >= 15 is 0 Å². The van der Waals surface area contributed by atoms with Gasteiger partial charge in [0.2, 0.25) is 5.91 Å². The number of ether oxygens (including phenoxy) is 1. The predicted octanol–water partition coefficient (Wildman–Crippen LogP) is 0.686. The summed E-state index contributed by atoms with van der Waals surface area (Å²) in [6, 6.07) is -1.11. The van der Waals surface area contributed by atoms with Crippen LogP contribution in [0.15, 0.2) is 12.7 Å². The molecule has 0 aromatic heterocycles. The van der Waals surface area contributed by atoms with Gasteiger partial charge in [-0.2, -0.15) is 0 Å². The second-order valence-corrected chi connectivity index (χ2v) is 6.49. The zero-order valence-corrected chi connectivity index (χ0v) is 14.5. The summed E-state index contributed by atoms with van der Waals surface area (Å²) >= 11 is 0. The van der Waals surface area contributed by atoms with Gasteiger partial charge in [-0.05, 0) is 25.7 Å². The number of carboxylic acid groups (broad SMARTS) is 1. The summed E-state index contributed by atoms with van der Waals surface area (Å²) in [5.74, 6) is -1.87. The number of nitrogens with zero attached hydrogens (tertiary/aromatic N) is 2. The molecular weight excluding hydrogens is 326 g/mol. The highest BCUT2D eigenvalue weighted by atomic mass is 16.5. The molecule has 2 aliphatic heterocycles. The van der Waals surface area contributed by atoms with E-state index in [-0.39, 0.29) is 31.1 Å². The van der Waals surface area contributed by atoms with Crippen LogP contribution in [0.3, 0.4) is 0 Å². The number of likely N-dealkylation sites (tertiary alicyclic amines) is 2. The number of carbonyl (C=O) groups is 3. The molecule has 8 heteroatoms. The minimum atomic E-state index is -1.14. The smallest absolute Gasteiger partial charge is 0.328 e. The topological polar surface area (TPSA) is 99.2 Å². The van der Waals surface area contributed by atoms with E-state index in [0.29, 0.717) is 19.5 Å². The maximum Gasteiger partial charge on any atom is 0.328 e. The van der Waals surface area contributed by atoms with Gasteiger partial charge in [0.15, 0.2) is 6.04 Å². The standard InChI is InChI=1S/C17H27N3O5/c1-2-10-25-12-14(16(22)23)18-15(21)13-6-5-9-20(11-13)17(24)19-7-3-4-8-19/h2,13-14H,1,3-12H2,(H,18,21)(H,22,23). The summed E-state index contributed by atoms with van der Waals surface area (Å²) in [7, 11) is 0. The first-order valence-corrected chi connectivity index (χ1v) is 8.78. The van der Waals surface area contributed by atoms with Crippen molar-refractivity contribution in [1.82, 2.24) is 15.1 Å². The summed E-state index contributed by atoms with van der Waals surface area (Å²) in [5, 5.41) is 11.7. The lowest BCUT2D eigenvalue weighted by molar-refractivity contribution is -0.144. The summed E-state index contributed by atoms with van der Waals surface area (Å²) in [6.45, 7) is 6.12. The van der Waals surface area contributed by atoms with E-state index in [9.17, 15) is 19.5 Å². The number of piperidine rings is 1. The van der Waals surface area contributed by atoms with Crippen LogP contribution in [0.4, 0.5) is 4.79 Å². The van der Waals surface area contributed by atoms with Gasteiger partial charge < -0.3 is 25.0 Å². The highest BCUT2D eigenvalue weighted by Gasteiger charge is 2.33. The number of amides is 3. The minimum absolute atomic E-state index is 0.0147. The van der Waals surface area contributed by atoms with E-state index in [1.807, 2.05) is 4.90 Å². The molecule has 3 amide bonds. The van der Waals surface area contributed by atoms with E-state index in [1.54, 1.807) is 4.90 Å². The Labute approximate surface area is 147 Å². The van der Waals surface area contributed by atoms with Gasteiger partial charge in [0.05, 0.1) is 19.1 Å². The summed E-state index contributed by atoms with van der Waals surface area (Å²) in [5.41, 5.74) is 0. The maximum atomic E-state index is 12.5. The van der Waals surface area contributed by atoms with Gasteiger partial charge in [-0.25, -0.2) is 9.59 Å². The molecule has 8 nitrogen and oxygen atoms in total. The van der Waals surface area contributed by atoms with Gasteiger partial charge in [-0.15, -0.1) is 6.58 Å². The molecule has 25 heavy (non-hydrogen) atoms. The Bertz CT molecular complexity index is 505. The molecule has 0 radical (unpaired) electrons. The summed E-state index contributed by atoms with van der Waals surface area (Å²) < 4.78 is 5.14. The van der Waals surface area contributed by atoms with Crippen molar-refractivity contribution >= 4 is 17.9 Å². The molecule has 2 heterocycles. The fourth-order valence-corrected chi connectivity index (χ4v) is 3.21. The lowest BCUT2D eigenvalue weighted by Crippen LogP contribution is -2.52. The van der Waals surface area contributed by atoms with Crippen molar-refractivity contribution in [3.63, 3.8) is 0 Å². The number of rotatable bonds is 7. The Morgan fingerprint density at radius 3 is 2.52 bits per heavy atom. The monoisotopic (exact) mass is 353 g/mol. The van der Waals surface area contributed by atoms with E-state index in [4.69, 9.17) is 4.74 Å². The predicted molar refractivity (Wildman–Crippen MR) is 91.1 cm³/mol. The molecule has 2 rings (SSSR count). The Kier molecular flexibility index (Phi) is 7.24. The van der Waals surface area contributed by atoms with E-state index < -0.39 is 12.0 Å². The fourth-order valence-electron chi connectivity index (χ4n) is 3.21.